The van der Waals surface area contributed by atoms with Crippen LogP contribution in [-0.4, -0.2) is 24.6 Å². The molecule has 170 valence electrons. The summed E-state index contributed by atoms with van der Waals surface area (Å²) in [7, 11) is 1.63. The Morgan fingerprint density at radius 1 is 0.909 bits per heavy atom. The van der Waals surface area contributed by atoms with E-state index in [0.717, 1.165) is 22.6 Å². The molecule has 0 atom stereocenters. The van der Waals surface area contributed by atoms with Crippen LogP contribution < -0.4 is 9.47 Å². The molecule has 3 aromatic rings. The van der Waals surface area contributed by atoms with Gasteiger partial charge in [-0.05, 0) is 78.4 Å². The summed E-state index contributed by atoms with van der Waals surface area (Å²) in [6.07, 6.45) is 7.84. The molecule has 33 heavy (non-hydrogen) atoms. The molecule has 0 heterocycles. The number of hydrogen-bond acceptors (Lipinski definition) is 4. The van der Waals surface area contributed by atoms with Crippen molar-refractivity contribution < 1.29 is 19.4 Å². The van der Waals surface area contributed by atoms with E-state index >= 15 is 0 Å². The lowest BCUT2D eigenvalue weighted by molar-refractivity contribution is 0.104. The lowest BCUT2D eigenvalue weighted by Crippen LogP contribution is -2.09. The minimum absolute atomic E-state index is 0.133. The molecular weight excluding hydrogens is 412 g/mol. The Bertz CT molecular complexity index is 1090. The van der Waals surface area contributed by atoms with Crippen LogP contribution in [0.5, 0.6) is 17.2 Å². The molecule has 1 aliphatic carbocycles. The molecule has 0 saturated heterocycles. The Hall–Kier alpha value is -3.53. The number of ether oxygens (including phenoxy) is 2. The molecule has 0 spiro atoms. The van der Waals surface area contributed by atoms with Gasteiger partial charge in [-0.3, -0.25) is 4.79 Å². The fourth-order valence-corrected chi connectivity index (χ4v) is 4.40. The van der Waals surface area contributed by atoms with Gasteiger partial charge in [0.2, 0.25) is 0 Å². The molecule has 0 aromatic heterocycles. The van der Waals surface area contributed by atoms with E-state index in [2.05, 4.69) is 12.1 Å². The normalized spacial score (nSPS) is 14.6. The molecule has 4 rings (SSSR count). The van der Waals surface area contributed by atoms with Crippen molar-refractivity contribution in [3.63, 3.8) is 0 Å². The highest BCUT2D eigenvalue weighted by molar-refractivity contribution is 6.08. The first-order chi connectivity index (χ1) is 16.1. The molecule has 0 radical (unpaired) electrons. The number of phenolic OH excluding ortho intramolecular Hbond substituents is 1. The quantitative estimate of drug-likeness (QED) is 0.308. The number of benzene rings is 3. The van der Waals surface area contributed by atoms with E-state index in [1.807, 2.05) is 36.4 Å². The highest BCUT2D eigenvalue weighted by Crippen LogP contribution is 2.37. The Morgan fingerprint density at radius 2 is 1.58 bits per heavy atom. The van der Waals surface area contributed by atoms with Gasteiger partial charge in [-0.25, -0.2) is 0 Å². The van der Waals surface area contributed by atoms with Crippen molar-refractivity contribution >= 4 is 11.4 Å². The third-order valence-corrected chi connectivity index (χ3v) is 6.27. The molecule has 3 aromatic carbocycles. The van der Waals surface area contributed by atoms with Crippen molar-refractivity contribution in [3.05, 3.63) is 95.6 Å². The van der Waals surface area contributed by atoms with Crippen molar-refractivity contribution in [2.45, 2.75) is 38.0 Å². The third-order valence-electron chi connectivity index (χ3n) is 6.27. The molecule has 0 aliphatic heterocycles. The van der Waals surface area contributed by atoms with Crippen LogP contribution in [0.15, 0.2) is 78.9 Å². The molecule has 4 nitrogen and oxygen atoms in total. The van der Waals surface area contributed by atoms with Gasteiger partial charge in [-0.1, -0.05) is 49.6 Å². The number of methoxy groups -OCH3 is 1. The van der Waals surface area contributed by atoms with E-state index in [-0.39, 0.29) is 18.1 Å². The van der Waals surface area contributed by atoms with Crippen molar-refractivity contribution in [3.8, 4) is 17.2 Å². The molecule has 1 aliphatic rings. The van der Waals surface area contributed by atoms with E-state index in [1.54, 1.807) is 25.3 Å². The van der Waals surface area contributed by atoms with Crippen LogP contribution in [0.25, 0.3) is 5.57 Å². The second-order valence-corrected chi connectivity index (χ2v) is 8.47. The molecular formula is C29H30O4. The number of phenols is 1. The number of ketones is 1. The number of carbonyl (C=O) groups is 1. The highest BCUT2D eigenvalue weighted by atomic mass is 16.5. The van der Waals surface area contributed by atoms with E-state index in [4.69, 9.17) is 9.47 Å². The molecule has 0 amide bonds. The second kappa shape index (κ2) is 10.9. The van der Waals surface area contributed by atoms with E-state index in [9.17, 15) is 9.90 Å². The third kappa shape index (κ3) is 5.83. The maximum absolute atomic E-state index is 13.0. The number of allylic oxidation sites excluding steroid dienone is 1. The number of para-hydroxylation sites is 1. The van der Waals surface area contributed by atoms with E-state index < -0.39 is 0 Å². The number of carbonyl (C=O) groups excluding carboxylic acids is 1. The molecule has 1 fully saturated rings. The van der Waals surface area contributed by atoms with Crippen LogP contribution in [0.4, 0.5) is 0 Å². The van der Waals surface area contributed by atoms with Crippen LogP contribution >= 0.6 is 0 Å². The van der Waals surface area contributed by atoms with Gasteiger partial charge >= 0.3 is 0 Å². The summed E-state index contributed by atoms with van der Waals surface area (Å²) in [5.74, 6) is 2.17. The van der Waals surface area contributed by atoms with Gasteiger partial charge in [-0.2, -0.15) is 0 Å². The van der Waals surface area contributed by atoms with Crippen LogP contribution in [0, 0.1) is 0 Å². The van der Waals surface area contributed by atoms with E-state index in [1.165, 1.54) is 49.8 Å². The monoisotopic (exact) mass is 442 g/mol. The van der Waals surface area contributed by atoms with Gasteiger partial charge < -0.3 is 14.6 Å². The van der Waals surface area contributed by atoms with Crippen LogP contribution in [-0.2, 0) is 0 Å². The van der Waals surface area contributed by atoms with Crippen LogP contribution in [0.2, 0.25) is 0 Å². The zero-order chi connectivity index (χ0) is 23.0. The zero-order valence-corrected chi connectivity index (χ0v) is 19.0. The topological polar surface area (TPSA) is 55.8 Å². The van der Waals surface area contributed by atoms with Crippen molar-refractivity contribution in [2.75, 3.05) is 13.7 Å². The standard InChI is InChI=1S/C29H30O4/c1-32-26-17-13-21(14-18-26)24(19-28(31)23-11-15-25(30)16-12-23)20-33-29-10-6-5-9-27(29)22-7-3-2-4-8-22/h5-6,9-19,22,30H,2-4,7-8,20H2,1H3/b24-19-. The van der Waals surface area contributed by atoms with Gasteiger partial charge in [0.05, 0.1) is 7.11 Å². The van der Waals surface area contributed by atoms with Crippen LogP contribution in [0.3, 0.4) is 0 Å². The van der Waals surface area contributed by atoms with Gasteiger partial charge in [0.1, 0.15) is 23.9 Å². The fourth-order valence-electron chi connectivity index (χ4n) is 4.40. The zero-order valence-electron chi connectivity index (χ0n) is 19.0. The lowest BCUT2D eigenvalue weighted by Gasteiger charge is -2.24. The molecule has 1 saturated carbocycles. The molecule has 1 N–H and O–H groups in total. The van der Waals surface area contributed by atoms with Crippen molar-refractivity contribution in [2.24, 2.45) is 0 Å². The van der Waals surface area contributed by atoms with Gasteiger partial charge in [0.25, 0.3) is 0 Å². The first kappa shape index (κ1) is 22.7. The number of hydrogen-bond donors (Lipinski definition) is 1. The first-order valence-electron chi connectivity index (χ1n) is 11.5. The number of aromatic hydroxyl groups is 1. The summed E-state index contributed by atoms with van der Waals surface area (Å²) in [5.41, 5.74) is 3.46. The first-order valence-corrected chi connectivity index (χ1v) is 11.5. The van der Waals surface area contributed by atoms with E-state index in [0.29, 0.717) is 11.5 Å². The Kier molecular flexibility index (Phi) is 7.46. The Morgan fingerprint density at radius 3 is 2.27 bits per heavy atom. The second-order valence-electron chi connectivity index (χ2n) is 8.47. The molecule has 0 unspecified atom stereocenters. The molecule has 4 heteroatoms. The summed E-state index contributed by atoms with van der Waals surface area (Å²) in [4.78, 5) is 13.0. The Balaban J connectivity index is 1.60. The van der Waals surface area contributed by atoms with Crippen molar-refractivity contribution in [1.82, 2.24) is 0 Å². The summed E-state index contributed by atoms with van der Waals surface area (Å²) in [5, 5.41) is 9.53. The summed E-state index contributed by atoms with van der Waals surface area (Å²) in [6, 6.07) is 22.2. The average molecular weight is 443 g/mol. The number of rotatable bonds is 8. The van der Waals surface area contributed by atoms with Gasteiger partial charge in [0, 0.05) is 11.1 Å². The minimum atomic E-state index is -0.134. The summed E-state index contributed by atoms with van der Waals surface area (Å²) >= 11 is 0. The van der Waals surface area contributed by atoms with Gasteiger partial charge in [-0.15, -0.1) is 0 Å². The SMILES string of the molecule is COc1ccc(/C(=C\C(=O)c2ccc(O)cc2)COc2ccccc2C2CCCCC2)cc1. The Labute approximate surface area is 195 Å². The lowest BCUT2D eigenvalue weighted by atomic mass is 9.84. The maximum Gasteiger partial charge on any atom is 0.186 e. The van der Waals surface area contributed by atoms with Crippen LogP contribution in [0.1, 0.15) is 59.5 Å². The fraction of sp³-hybridized carbons (Fsp3) is 0.276. The predicted octanol–water partition coefficient (Wildman–Crippen LogP) is 6.79. The highest BCUT2D eigenvalue weighted by Gasteiger charge is 2.19. The maximum atomic E-state index is 13.0. The average Bonchev–Trinajstić information content (AvgIpc) is 2.87. The predicted molar refractivity (Wildman–Crippen MR) is 131 cm³/mol. The summed E-state index contributed by atoms with van der Waals surface area (Å²) < 4.78 is 11.6. The largest absolute Gasteiger partial charge is 0.508 e. The minimum Gasteiger partial charge on any atom is -0.508 e. The molecule has 0 bridgehead atoms. The smallest absolute Gasteiger partial charge is 0.186 e. The summed E-state index contributed by atoms with van der Waals surface area (Å²) in [6.45, 7) is 0.278. The van der Waals surface area contributed by atoms with Crippen molar-refractivity contribution in [1.29, 1.82) is 0 Å². The van der Waals surface area contributed by atoms with Gasteiger partial charge in [0.15, 0.2) is 5.78 Å².